The van der Waals surface area contributed by atoms with E-state index in [1.165, 1.54) is 19.3 Å². The molecule has 0 spiro atoms. The summed E-state index contributed by atoms with van der Waals surface area (Å²) in [5.74, 6) is 1.62. The number of benzene rings is 1. The molecule has 0 aliphatic heterocycles. The molecule has 3 nitrogen and oxygen atoms in total. The highest BCUT2D eigenvalue weighted by atomic mass is 16.3. The maximum atomic E-state index is 6.14. The van der Waals surface area contributed by atoms with Crippen molar-refractivity contribution in [3.63, 3.8) is 0 Å². The van der Waals surface area contributed by atoms with Gasteiger partial charge < -0.3 is 10.2 Å². The van der Waals surface area contributed by atoms with Crippen LogP contribution in [0.2, 0.25) is 0 Å². The molecule has 1 aromatic heterocycles. The molecule has 1 fully saturated rings. The van der Waals surface area contributed by atoms with Crippen LogP contribution in [0, 0.1) is 5.92 Å². The van der Waals surface area contributed by atoms with Crippen molar-refractivity contribution in [3.05, 3.63) is 30.2 Å². The second kappa shape index (κ2) is 4.49. The van der Waals surface area contributed by atoms with E-state index >= 15 is 0 Å². The van der Waals surface area contributed by atoms with E-state index in [1.807, 2.05) is 24.3 Å². The van der Waals surface area contributed by atoms with Gasteiger partial charge in [0, 0.05) is 12.5 Å². The first-order valence-corrected chi connectivity index (χ1v) is 6.41. The molecule has 0 amide bonds. The Morgan fingerprint density at radius 3 is 2.88 bits per heavy atom. The number of aromatic nitrogens is 1. The van der Waals surface area contributed by atoms with Crippen LogP contribution in [0.15, 0.2) is 28.7 Å². The first kappa shape index (κ1) is 10.8. The lowest BCUT2D eigenvalue weighted by molar-refractivity contribution is 0.271. The van der Waals surface area contributed by atoms with Crippen molar-refractivity contribution in [2.45, 2.75) is 38.1 Å². The number of nitrogens with zero attached hydrogens (tertiary/aromatic N) is 1. The lowest BCUT2D eigenvalue weighted by Gasteiger charge is -2.27. The molecule has 0 radical (unpaired) electrons. The molecule has 1 unspecified atom stereocenters. The van der Waals surface area contributed by atoms with E-state index in [2.05, 4.69) is 4.98 Å². The van der Waals surface area contributed by atoms with Gasteiger partial charge >= 0.3 is 0 Å². The van der Waals surface area contributed by atoms with E-state index in [0.717, 1.165) is 35.7 Å². The van der Waals surface area contributed by atoms with Gasteiger partial charge in [-0.25, -0.2) is 4.98 Å². The number of hydrogen-bond acceptors (Lipinski definition) is 3. The SMILES string of the molecule is NC(Cc1nc2ccccc2o1)CC1CCC1. The molecule has 0 saturated heterocycles. The lowest BCUT2D eigenvalue weighted by atomic mass is 9.80. The minimum Gasteiger partial charge on any atom is -0.441 e. The molecule has 3 rings (SSSR count). The number of para-hydroxylation sites is 2. The zero-order valence-corrected chi connectivity index (χ0v) is 9.93. The van der Waals surface area contributed by atoms with Gasteiger partial charge in [0.1, 0.15) is 5.52 Å². The third-order valence-corrected chi connectivity index (χ3v) is 3.64. The number of fused-ring (bicyclic) bond motifs is 1. The van der Waals surface area contributed by atoms with E-state index in [1.54, 1.807) is 0 Å². The van der Waals surface area contributed by atoms with Crippen LogP contribution in [0.4, 0.5) is 0 Å². The minimum atomic E-state index is 0.188. The maximum Gasteiger partial charge on any atom is 0.197 e. The fourth-order valence-corrected chi connectivity index (χ4v) is 2.47. The van der Waals surface area contributed by atoms with Gasteiger partial charge in [0.15, 0.2) is 11.5 Å². The van der Waals surface area contributed by atoms with Crippen molar-refractivity contribution >= 4 is 11.1 Å². The molecular weight excluding hydrogens is 212 g/mol. The Kier molecular flexibility index (Phi) is 2.85. The van der Waals surface area contributed by atoms with E-state index in [-0.39, 0.29) is 6.04 Å². The maximum absolute atomic E-state index is 6.14. The van der Waals surface area contributed by atoms with Gasteiger partial charge in [-0.2, -0.15) is 0 Å². The van der Waals surface area contributed by atoms with Crippen molar-refractivity contribution < 1.29 is 4.42 Å². The van der Waals surface area contributed by atoms with E-state index in [9.17, 15) is 0 Å². The zero-order valence-electron chi connectivity index (χ0n) is 9.93. The smallest absolute Gasteiger partial charge is 0.197 e. The summed E-state index contributed by atoms with van der Waals surface area (Å²) in [5, 5.41) is 0. The Bertz CT molecular complexity index is 469. The summed E-state index contributed by atoms with van der Waals surface area (Å²) in [4.78, 5) is 4.46. The van der Waals surface area contributed by atoms with Crippen molar-refractivity contribution in [2.24, 2.45) is 11.7 Å². The molecular formula is C14H18N2O. The third kappa shape index (κ3) is 2.34. The Morgan fingerprint density at radius 2 is 2.18 bits per heavy atom. The molecule has 1 aliphatic rings. The predicted molar refractivity (Wildman–Crippen MR) is 67.6 cm³/mol. The summed E-state index contributed by atoms with van der Waals surface area (Å²) in [6.07, 6.45) is 5.94. The van der Waals surface area contributed by atoms with Gasteiger partial charge in [0.2, 0.25) is 0 Å². The van der Waals surface area contributed by atoms with Gasteiger partial charge in [-0.1, -0.05) is 31.4 Å². The molecule has 90 valence electrons. The second-order valence-electron chi connectivity index (χ2n) is 5.07. The zero-order chi connectivity index (χ0) is 11.7. The Balaban J connectivity index is 1.66. The molecule has 1 atom stereocenters. The molecule has 1 aromatic carbocycles. The fourth-order valence-electron chi connectivity index (χ4n) is 2.47. The summed E-state index contributed by atoms with van der Waals surface area (Å²) < 4.78 is 5.68. The summed E-state index contributed by atoms with van der Waals surface area (Å²) in [7, 11) is 0. The lowest BCUT2D eigenvalue weighted by Crippen LogP contribution is -2.28. The van der Waals surface area contributed by atoms with Crippen LogP contribution in [-0.4, -0.2) is 11.0 Å². The van der Waals surface area contributed by atoms with E-state index < -0.39 is 0 Å². The van der Waals surface area contributed by atoms with E-state index in [4.69, 9.17) is 10.2 Å². The van der Waals surface area contributed by atoms with Gasteiger partial charge in [-0.3, -0.25) is 0 Å². The average molecular weight is 230 g/mol. The van der Waals surface area contributed by atoms with Crippen molar-refractivity contribution in [1.82, 2.24) is 4.98 Å². The van der Waals surface area contributed by atoms with Crippen molar-refractivity contribution in [2.75, 3.05) is 0 Å². The molecule has 17 heavy (non-hydrogen) atoms. The van der Waals surface area contributed by atoms with Crippen LogP contribution in [0.25, 0.3) is 11.1 Å². The predicted octanol–water partition coefficient (Wildman–Crippen LogP) is 2.89. The van der Waals surface area contributed by atoms with Crippen LogP contribution < -0.4 is 5.73 Å². The average Bonchev–Trinajstić information content (AvgIpc) is 2.65. The van der Waals surface area contributed by atoms with Crippen LogP contribution in [0.5, 0.6) is 0 Å². The normalized spacial score (nSPS) is 18.2. The Hall–Kier alpha value is -1.35. The quantitative estimate of drug-likeness (QED) is 0.878. The molecule has 1 aliphatic carbocycles. The summed E-state index contributed by atoms with van der Waals surface area (Å²) in [6.45, 7) is 0. The van der Waals surface area contributed by atoms with Crippen molar-refractivity contribution in [1.29, 1.82) is 0 Å². The monoisotopic (exact) mass is 230 g/mol. The number of rotatable bonds is 4. The van der Waals surface area contributed by atoms with Crippen LogP contribution in [0.1, 0.15) is 31.6 Å². The van der Waals surface area contributed by atoms with Gasteiger partial charge in [-0.15, -0.1) is 0 Å². The van der Waals surface area contributed by atoms with E-state index in [0.29, 0.717) is 0 Å². The Labute approximate surface area is 101 Å². The van der Waals surface area contributed by atoms with Crippen molar-refractivity contribution in [3.8, 4) is 0 Å². The highest BCUT2D eigenvalue weighted by Gasteiger charge is 2.21. The fraction of sp³-hybridized carbons (Fsp3) is 0.500. The topological polar surface area (TPSA) is 52.0 Å². The standard InChI is InChI=1S/C14H18N2O/c15-11(8-10-4-3-5-10)9-14-16-12-6-1-2-7-13(12)17-14/h1-2,6-7,10-11H,3-5,8-9,15H2. The molecule has 1 heterocycles. The number of oxazole rings is 1. The van der Waals surface area contributed by atoms with Gasteiger partial charge in [0.05, 0.1) is 0 Å². The third-order valence-electron chi connectivity index (χ3n) is 3.64. The largest absolute Gasteiger partial charge is 0.441 e. The van der Waals surface area contributed by atoms with Gasteiger partial charge in [-0.05, 0) is 24.5 Å². The molecule has 0 bridgehead atoms. The molecule has 3 heteroatoms. The summed E-state index contributed by atoms with van der Waals surface area (Å²) >= 11 is 0. The molecule has 2 aromatic rings. The van der Waals surface area contributed by atoms with Crippen LogP contribution in [-0.2, 0) is 6.42 Å². The number of hydrogen-bond donors (Lipinski definition) is 1. The highest BCUT2D eigenvalue weighted by molar-refractivity contribution is 5.72. The first-order valence-electron chi connectivity index (χ1n) is 6.41. The van der Waals surface area contributed by atoms with Gasteiger partial charge in [0.25, 0.3) is 0 Å². The summed E-state index contributed by atoms with van der Waals surface area (Å²) in [5.41, 5.74) is 7.93. The summed E-state index contributed by atoms with van der Waals surface area (Å²) in [6, 6.07) is 8.05. The first-order chi connectivity index (χ1) is 8.31. The molecule has 2 N–H and O–H groups in total. The highest BCUT2D eigenvalue weighted by Crippen LogP contribution is 2.30. The second-order valence-corrected chi connectivity index (χ2v) is 5.07. The molecule has 1 saturated carbocycles. The minimum absolute atomic E-state index is 0.188. The van der Waals surface area contributed by atoms with Crippen LogP contribution in [0.3, 0.4) is 0 Å². The van der Waals surface area contributed by atoms with Crippen LogP contribution >= 0.6 is 0 Å². The number of nitrogens with two attached hydrogens (primary N) is 1. The Morgan fingerprint density at radius 1 is 1.35 bits per heavy atom.